The van der Waals surface area contributed by atoms with Crippen LogP contribution in [0.25, 0.3) is 0 Å². The van der Waals surface area contributed by atoms with Gasteiger partial charge in [-0.15, -0.1) is 0 Å². The summed E-state index contributed by atoms with van der Waals surface area (Å²) in [6, 6.07) is 2.27. The molecule has 0 aromatic carbocycles. The Bertz CT molecular complexity index is 398. The molecule has 0 bridgehead atoms. The van der Waals surface area contributed by atoms with Crippen LogP contribution < -0.4 is 11.1 Å². The van der Waals surface area contributed by atoms with Gasteiger partial charge in [0.15, 0.2) is 0 Å². The van der Waals surface area contributed by atoms with Crippen molar-refractivity contribution < 1.29 is 4.79 Å². The summed E-state index contributed by atoms with van der Waals surface area (Å²) in [6.45, 7) is 10.7. The van der Waals surface area contributed by atoms with Crippen molar-refractivity contribution in [2.24, 2.45) is 17.1 Å². The van der Waals surface area contributed by atoms with Crippen molar-refractivity contribution in [3.63, 3.8) is 0 Å². The van der Waals surface area contributed by atoms with E-state index in [4.69, 9.17) is 5.73 Å². The molecule has 1 amide bonds. The Morgan fingerprint density at radius 2 is 2.05 bits per heavy atom. The minimum absolute atomic E-state index is 0.00945. The van der Waals surface area contributed by atoms with E-state index in [1.54, 1.807) is 0 Å². The lowest BCUT2D eigenvalue weighted by Gasteiger charge is -2.32. The van der Waals surface area contributed by atoms with Crippen LogP contribution >= 0.6 is 0 Å². The van der Waals surface area contributed by atoms with E-state index in [0.29, 0.717) is 19.0 Å². The third-order valence-electron chi connectivity index (χ3n) is 4.14. The zero-order valence-electron chi connectivity index (χ0n) is 13.9. The molecule has 0 spiro atoms. The Hall–Kier alpha value is -1.12. The first-order valence-corrected chi connectivity index (χ1v) is 7.91. The molecule has 3 N–H and O–H groups in total. The van der Waals surface area contributed by atoms with Crippen LogP contribution in [0.15, 0.2) is 0 Å². The SMILES string of the molecule is CCCN(CC(=O)NC(C)(C#N)C1CC1)CC(C)(C)CN. The van der Waals surface area contributed by atoms with E-state index in [0.717, 1.165) is 32.4 Å². The van der Waals surface area contributed by atoms with Crippen molar-refractivity contribution in [2.75, 3.05) is 26.2 Å². The second-order valence-corrected chi connectivity index (χ2v) is 7.22. The molecule has 21 heavy (non-hydrogen) atoms. The van der Waals surface area contributed by atoms with Crippen molar-refractivity contribution >= 4 is 5.91 Å². The normalized spacial score (nSPS) is 18.1. The van der Waals surface area contributed by atoms with Gasteiger partial charge in [0.25, 0.3) is 0 Å². The topological polar surface area (TPSA) is 82.2 Å². The lowest BCUT2D eigenvalue weighted by atomic mass is 9.93. The van der Waals surface area contributed by atoms with Crippen molar-refractivity contribution in [2.45, 2.75) is 52.5 Å². The van der Waals surface area contributed by atoms with Gasteiger partial charge in [0, 0.05) is 6.54 Å². The van der Waals surface area contributed by atoms with Gasteiger partial charge in [-0.25, -0.2) is 0 Å². The molecule has 1 aliphatic rings. The van der Waals surface area contributed by atoms with Crippen LogP contribution in [0, 0.1) is 22.7 Å². The molecule has 1 fully saturated rings. The molecule has 0 heterocycles. The number of amides is 1. The molecule has 1 atom stereocenters. The molecule has 5 nitrogen and oxygen atoms in total. The van der Waals surface area contributed by atoms with Crippen molar-refractivity contribution in [1.82, 2.24) is 10.2 Å². The smallest absolute Gasteiger partial charge is 0.235 e. The first-order valence-electron chi connectivity index (χ1n) is 7.91. The molecule has 1 unspecified atom stereocenters. The highest BCUT2D eigenvalue weighted by atomic mass is 16.2. The molecular formula is C16H30N4O. The molecule has 1 rings (SSSR count). The third kappa shape index (κ3) is 5.64. The monoisotopic (exact) mass is 294 g/mol. The third-order valence-corrected chi connectivity index (χ3v) is 4.14. The van der Waals surface area contributed by atoms with Crippen LogP contribution in [-0.2, 0) is 4.79 Å². The molecular weight excluding hydrogens is 264 g/mol. The summed E-state index contributed by atoms with van der Waals surface area (Å²) in [5.41, 5.74) is 5.06. The average molecular weight is 294 g/mol. The fourth-order valence-corrected chi connectivity index (χ4v) is 2.61. The Labute approximate surface area is 128 Å². The molecule has 120 valence electrons. The van der Waals surface area contributed by atoms with E-state index in [-0.39, 0.29) is 11.3 Å². The molecule has 0 aromatic heterocycles. The van der Waals surface area contributed by atoms with E-state index >= 15 is 0 Å². The van der Waals surface area contributed by atoms with E-state index in [1.165, 1.54) is 0 Å². The Morgan fingerprint density at radius 3 is 2.48 bits per heavy atom. The number of hydrogen-bond acceptors (Lipinski definition) is 4. The number of rotatable bonds is 9. The number of nitrogens with one attached hydrogen (secondary N) is 1. The highest BCUT2D eigenvalue weighted by molar-refractivity contribution is 5.79. The minimum Gasteiger partial charge on any atom is -0.337 e. The number of hydrogen-bond donors (Lipinski definition) is 2. The second-order valence-electron chi connectivity index (χ2n) is 7.22. The Kier molecular flexibility index (Phi) is 6.18. The summed E-state index contributed by atoms with van der Waals surface area (Å²) in [7, 11) is 0. The number of nitriles is 1. The zero-order chi connectivity index (χ0) is 16.1. The summed E-state index contributed by atoms with van der Waals surface area (Å²) in [4.78, 5) is 14.4. The summed E-state index contributed by atoms with van der Waals surface area (Å²) >= 11 is 0. The first-order chi connectivity index (χ1) is 9.76. The Morgan fingerprint density at radius 1 is 1.43 bits per heavy atom. The van der Waals surface area contributed by atoms with Gasteiger partial charge < -0.3 is 11.1 Å². The summed E-state index contributed by atoms with van der Waals surface area (Å²) < 4.78 is 0. The molecule has 0 radical (unpaired) electrons. The van der Waals surface area contributed by atoms with Crippen molar-refractivity contribution in [3.05, 3.63) is 0 Å². The van der Waals surface area contributed by atoms with E-state index in [2.05, 4.69) is 37.1 Å². The van der Waals surface area contributed by atoms with Crippen LogP contribution in [0.4, 0.5) is 0 Å². The average Bonchev–Trinajstić information content (AvgIpc) is 3.22. The number of nitrogens with zero attached hydrogens (tertiary/aromatic N) is 2. The van der Waals surface area contributed by atoms with E-state index in [9.17, 15) is 10.1 Å². The molecule has 1 saturated carbocycles. The van der Waals surface area contributed by atoms with Gasteiger partial charge in [0.2, 0.25) is 5.91 Å². The maximum Gasteiger partial charge on any atom is 0.235 e. The highest BCUT2D eigenvalue weighted by Gasteiger charge is 2.43. The predicted octanol–water partition coefficient (Wildman–Crippen LogP) is 1.49. The standard InChI is InChI=1S/C16H30N4O/c1-5-8-20(12-15(2,3)10-17)9-14(21)19-16(4,11-18)13-6-7-13/h13H,5-10,12,17H2,1-4H3,(H,19,21). The van der Waals surface area contributed by atoms with Gasteiger partial charge in [0.05, 0.1) is 12.6 Å². The van der Waals surface area contributed by atoms with Gasteiger partial charge in [-0.1, -0.05) is 20.8 Å². The fraction of sp³-hybridized carbons (Fsp3) is 0.875. The lowest BCUT2D eigenvalue weighted by Crippen LogP contribution is -2.51. The maximum atomic E-state index is 12.3. The van der Waals surface area contributed by atoms with E-state index in [1.807, 2.05) is 6.92 Å². The van der Waals surface area contributed by atoms with Crippen molar-refractivity contribution in [3.8, 4) is 6.07 Å². The summed E-state index contributed by atoms with van der Waals surface area (Å²) in [6.07, 6.45) is 3.05. The first kappa shape index (κ1) is 17.9. The van der Waals surface area contributed by atoms with Crippen LogP contribution in [0.1, 0.15) is 47.0 Å². The van der Waals surface area contributed by atoms with Crippen LogP contribution in [0.5, 0.6) is 0 Å². The van der Waals surface area contributed by atoms with Crippen LogP contribution in [0.3, 0.4) is 0 Å². The maximum absolute atomic E-state index is 12.3. The van der Waals surface area contributed by atoms with Crippen LogP contribution in [-0.4, -0.2) is 42.5 Å². The summed E-state index contributed by atoms with van der Waals surface area (Å²) in [5, 5.41) is 12.2. The van der Waals surface area contributed by atoms with Gasteiger partial charge in [0.1, 0.15) is 5.54 Å². The van der Waals surface area contributed by atoms with Crippen LogP contribution in [0.2, 0.25) is 0 Å². The second kappa shape index (κ2) is 7.24. The number of carbonyl (C=O) groups excluding carboxylic acids is 1. The number of carbonyl (C=O) groups is 1. The number of nitrogens with two attached hydrogens (primary N) is 1. The molecule has 1 aliphatic carbocycles. The predicted molar refractivity (Wildman–Crippen MR) is 84.5 cm³/mol. The minimum atomic E-state index is -0.710. The largest absolute Gasteiger partial charge is 0.337 e. The van der Waals surface area contributed by atoms with E-state index < -0.39 is 5.54 Å². The van der Waals surface area contributed by atoms with Gasteiger partial charge in [-0.3, -0.25) is 9.69 Å². The molecule has 0 aromatic rings. The lowest BCUT2D eigenvalue weighted by molar-refractivity contribution is -0.124. The zero-order valence-corrected chi connectivity index (χ0v) is 13.9. The van der Waals surface area contributed by atoms with Crippen molar-refractivity contribution in [1.29, 1.82) is 5.26 Å². The molecule has 0 aliphatic heterocycles. The molecule has 5 heteroatoms. The Balaban J connectivity index is 2.58. The summed E-state index contributed by atoms with van der Waals surface area (Å²) in [5.74, 6) is 0.249. The van der Waals surface area contributed by atoms with Gasteiger partial charge in [-0.05, 0) is 50.6 Å². The fourth-order valence-electron chi connectivity index (χ4n) is 2.61. The van der Waals surface area contributed by atoms with Gasteiger partial charge in [-0.2, -0.15) is 5.26 Å². The molecule has 0 saturated heterocycles. The quantitative estimate of drug-likeness (QED) is 0.675. The highest BCUT2D eigenvalue weighted by Crippen LogP contribution is 2.39. The van der Waals surface area contributed by atoms with Gasteiger partial charge >= 0.3 is 0 Å².